The van der Waals surface area contributed by atoms with Crippen molar-refractivity contribution in [3.8, 4) is 0 Å². The fourth-order valence-electron chi connectivity index (χ4n) is 2.02. The Balaban J connectivity index is 2.44. The van der Waals surface area contributed by atoms with E-state index in [9.17, 15) is 4.79 Å². The predicted molar refractivity (Wildman–Crippen MR) is 77.9 cm³/mol. The van der Waals surface area contributed by atoms with Gasteiger partial charge in [-0.1, -0.05) is 19.9 Å². The minimum atomic E-state index is 0.0297. The van der Waals surface area contributed by atoms with E-state index >= 15 is 0 Å². The summed E-state index contributed by atoms with van der Waals surface area (Å²) in [5.41, 5.74) is 2.99. The van der Waals surface area contributed by atoms with Gasteiger partial charge in [0, 0.05) is 24.4 Å². The maximum atomic E-state index is 11.8. The van der Waals surface area contributed by atoms with E-state index in [-0.39, 0.29) is 5.91 Å². The summed E-state index contributed by atoms with van der Waals surface area (Å²) in [5, 5.41) is 7.40. The summed E-state index contributed by atoms with van der Waals surface area (Å²) in [6.45, 7) is 11.6. The van der Waals surface area contributed by atoms with E-state index in [4.69, 9.17) is 0 Å². The van der Waals surface area contributed by atoms with Crippen molar-refractivity contribution >= 4 is 5.91 Å². The standard InChI is InChI=1S/C15H25N3O/c1-6-7-12(3)15(19)16-9-11(2)10-18-14(5)8-13(4)17-18/h7-8,11H,6,9-10H2,1-5H3,(H,16,19)/b12-7+. The molecule has 1 aromatic heterocycles. The quantitative estimate of drug-likeness (QED) is 0.802. The summed E-state index contributed by atoms with van der Waals surface area (Å²) >= 11 is 0. The minimum Gasteiger partial charge on any atom is -0.352 e. The Hall–Kier alpha value is -1.58. The summed E-state index contributed by atoms with van der Waals surface area (Å²) in [6.07, 6.45) is 2.83. The Labute approximate surface area is 115 Å². The van der Waals surface area contributed by atoms with Gasteiger partial charge in [0.15, 0.2) is 0 Å². The Kier molecular flexibility index (Phi) is 5.80. The smallest absolute Gasteiger partial charge is 0.246 e. The number of amides is 1. The van der Waals surface area contributed by atoms with Crippen LogP contribution in [-0.2, 0) is 11.3 Å². The number of carbonyl (C=O) groups is 1. The summed E-state index contributed by atoms with van der Waals surface area (Å²) in [4.78, 5) is 11.8. The molecule has 1 atom stereocenters. The van der Waals surface area contributed by atoms with E-state index in [2.05, 4.69) is 30.3 Å². The summed E-state index contributed by atoms with van der Waals surface area (Å²) in [7, 11) is 0. The van der Waals surface area contributed by atoms with Crippen LogP contribution in [0.15, 0.2) is 17.7 Å². The molecule has 0 aliphatic rings. The van der Waals surface area contributed by atoms with Gasteiger partial charge in [0.2, 0.25) is 5.91 Å². The van der Waals surface area contributed by atoms with Crippen molar-refractivity contribution in [2.24, 2.45) is 5.92 Å². The number of nitrogens with zero attached hydrogens (tertiary/aromatic N) is 2. The van der Waals surface area contributed by atoms with Crippen LogP contribution in [0.3, 0.4) is 0 Å². The van der Waals surface area contributed by atoms with Gasteiger partial charge in [-0.15, -0.1) is 0 Å². The third-order valence-corrected chi connectivity index (χ3v) is 3.07. The van der Waals surface area contributed by atoms with Crippen LogP contribution >= 0.6 is 0 Å². The molecule has 0 fully saturated rings. The Morgan fingerprint density at radius 1 is 1.53 bits per heavy atom. The molecule has 1 aromatic rings. The first kappa shape index (κ1) is 15.5. The predicted octanol–water partition coefficient (Wildman–Crippen LogP) is 2.61. The molecule has 0 bridgehead atoms. The van der Waals surface area contributed by atoms with Crippen LogP contribution in [0.25, 0.3) is 0 Å². The second kappa shape index (κ2) is 7.12. The maximum Gasteiger partial charge on any atom is 0.246 e. The zero-order chi connectivity index (χ0) is 14.4. The topological polar surface area (TPSA) is 46.9 Å². The molecule has 0 radical (unpaired) electrons. The number of hydrogen-bond acceptors (Lipinski definition) is 2. The van der Waals surface area contributed by atoms with Gasteiger partial charge in [0.25, 0.3) is 0 Å². The lowest BCUT2D eigenvalue weighted by Gasteiger charge is -2.14. The van der Waals surface area contributed by atoms with Gasteiger partial charge in [-0.3, -0.25) is 9.48 Å². The summed E-state index contributed by atoms with van der Waals surface area (Å²) < 4.78 is 2.00. The fourth-order valence-corrected chi connectivity index (χ4v) is 2.02. The maximum absolute atomic E-state index is 11.8. The van der Waals surface area contributed by atoms with Crippen LogP contribution in [0.5, 0.6) is 0 Å². The molecule has 0 aliphatic carbocycles. The van der Waals surface area contributed by atoms with Crippen LogP contribution in [0.2, 0.25) is 0 Å². The molecular weight excluding hydrogens is 238 g/mol. The van der Waals surface area contributed by atoms with E-state index in [1.54, 1.807) is 0 Å². The van der Waals surface area contributed by atoms with Crippen molar-refractivity contribution in [2.45, 2.75) is 47.6 Å². The highest BCUT2D eigenvalue weighted by molar-refractivity contribution is 5.92. The molecule has 1 heterocycles. The van der Waals surface area contributed by atoms with Crippen molar-refractivity contribution < 1.29 is 4.79 Å². The molecule has 0 aliphatic heterocycles. The first-order valence-electron chi connectivity index (χ1n) is 6.90. The normalized spacial score (nSPS) is 13.4. The van der Waals surface area contributed by atoms with Crippen molar-refractivity contribution in [1.82, 2.24) is 15.1 Å². The van der Waals surface area contributed by atoms with Crippen molar-refractivity contribution in [3.63, 3.8) is 0 Å². The van der Waals surface area contributed by atoms with Crippen LogP contribution in [0.4, 0.5) is 0 Å². The first-order chi connectivity index (χ1) is 8.93. The van der Waals surface area contributed by atoms with Gasteiger partial charge in [-0.25, -0.2) is 0 Å². The molecule has 0 aromatic carbocycles. The molecular formula is C15H25N3O. The van der Waals surface area contributed by atoms with Gasteiger partial charge in [0.05, 0.1) is 5.69 Å². The molecule has 19 heavy (non-hydrogen) atoms. The number of hydrogen-bond donors (Lipinski definition) is 1. The van der Waals surface area contributed by atoms with Crippen LogP contribution in [0.1, 0.15) is 38.6 Å². The molecule has 1 amide bonds. The monoisotopic (exact) mass is 263 g/mol. The highest BCUT2D eigenvalue weighted by Gasteiger charge is 2.09. The van der Waals surface area contributed by atoms with Gasteiger partial charge in [0.1, 0.15) is 0 Å². The number of aryl methyl sites for hydroxylation is 2. The SMILES string of the molecule is CC/C=C(\C)C(=O)NCC(C)Cn1nc(C)cc1C. The molecule has 106 valence electrons. The van der Waals surface area contributed by atoms with E-state index in [1.165, 1.54) is 0 Å². The molecule has 1 N–H and O–H groups in total. The molecule has 4 heteroatoms. The molecule has 0 saturated heterocycles. The fraction of sp³-hybridized carbons (Fsp3) is 0.600. The number of nitrogens with one attached hydrogen (secondary N) is 1. The highest BCUT2D eigenvalue weighted by Crippen LogP contribution is 2.06. The lowest BCUT2D eigenvalue weighted by Crippen LogP contribution is -2.30. The van der Waals surface area contributed by atoms with E-state index < -0.39 is 0 Å². The number of rotatable bonds is 6. The summed E-state index contributed by atoms with van der Waals surface area (Å²) in [6, 6.07) is 2.07. The second-order valence-corrected chi connectivity index (χ2v) is 5.22. The Morgan fingerprint density at radius 2 is 2.21 bits per heavy atom. The van der Waals surface area contributed by atoms with Crippen molar-refractivity contribution in [1.29, 1.82) is 0 Å². The van der Waals surface area contributed by atoms with Crippen molar-refractivity contribution in [2.75, 3.05) is 6.54 Å². The second-order valence-electron chi connectivity index (χ2n) is 5.22. The van der Waals surface area contributed by atoms with Gasteiger partial charge in [-0.05, 0) is 39.2 Å². The summed E-state index contributed by atoms with van der Waals surface area (Å²) in [5.74, 6) is 0.387. The van der Waals surface area contributed by atoms with Crippen molar-refractivity contribution in [3.05, 3.63) is 29.1 Å². The number of carbonyl (C=O) groups excluding carboxylic acids is 1. The zero-order valence-electron chi connectivity index (χ0n) is 12.7. The third-order valence-electron chi connectivity index (χ3n) is 3.07. The van der Waals surface area contributed by atoms with E-state index in [0.717, 1.165) is 29.9 Å². The average Bonchev–Trinajstić information content (AvgIpc) is 2.65. The van der Waals surface area contributed by atoms with E-state index in [0.29, 0.717) is 12.5 Å². The lowest BCUT2D eigenvalue weighted by molar-refractivity contribution is -0.117. The van der Waals surface area contributed by atoms with Crippen LogP contribution in [-0.4, -0.2) is 22.2 Å². The molecule has 0 saturated carbocycles. The Morgan fingerprint density at radius 3 is 2.74 bits per heavy atom. The molecule has 1 rings (SSSR count). The third kappa shape index (κ3) is 4.89. The van der Waals surface area contributed by atoms with E-state index in [1.807, 2.05) is 31.5 Å². The van der Waals surface area contributed by atoms with Gasteiger partial charge >= 0.3 is 0 Å². The number of aromatic nitrogens is 2. The van der Waals surface area contributed by atoms with Gasteiger partial charge in [-0.2, -0.15) is 5.10 Å². The zero-order valence-corrected chi connectivity index (χ0v) is 12.7. The van der Waals surface area contributed by atoms with Crippen LogP contribution < -0.4 is 5.32 Å². The molecule has 0 spiro atoms. The molecule has 4 nitrogen and oxygen atoms in total. The number of allylic oxidation sites excluding steroid dienone is 1. The average molecular weight is 263 g/mol. The van der Waals surface area contributed by atoms with Gasteiger partial charge < -0.3 is 5.32 Å². The largest absolute Gasteiger partial charge is 0.352 e. The molecule has 1 unspecified atom stereocenters. The van der Waals surface area contributed by atoms with Crippen LogP contribution in [0, 0.1) is 19.8 Å². The lowest BCUT2D eigenvalue weighted by atomic mass is 10.1. The Bertz CT molecular complexity index is 460. The highest BCUT2D eigenvalue weighted by atomic mass is 16.1. The first-order valence-corrected chi connectivity index (χ1v) is 6.90. The minimum absolute atomic E-state index is 0.0297.